The molecule has 112 valence electrons. The molecule has 1 aromatic carbocycles. The Hall–Kier alpha value is -1.77. The van der Waals surface area contributed by atoms with Gasteiger partial charge in [0, 0.05) is 18.7 Å². The number of ether oxygens (including phenoxy) is 3. The summed E-state index contributed by atoms with van der Waals surface area (Å²) in [7, 11) is 0. The summed E-state index contributed by atoms with van der Waals surface area (Å²) in [6, 6.07) is 5.70. The zero-order valence-corrected chi connectivity index (χ0v) is 12.9. The summed E-state index contributed by atoms with van der Waals surface area (Å²) >= 11 is 5.56. The monoisotopic (exact) mass is 305 g/mol. The van der Waals surface area contributed by atoms with E-state index in [0.29, 0.717) is 31.3 Å². The molecule has 1 fully saturated rings. The van der Waals surface area contributed by atoms with Crippen LogP contribution in [-0.4, -0.2) is 49.4 Å². The SMILES string of the molecule is C#CCOc1ccc(C(=S)N2CCOCC2)cc1OCC. The number of rotatable bonds is 5. The number of hydrogen-bond donors (Lipinski definition) is 0. The molecule has 0 spiro atoms. The van der Waals surface area contributed by atoms with Gasteiger partial charge < -0.3 is 19.1 Å². The van der Waals surface area contributed by atoms with E-state index in [2.05, 4.69) is 10.8 Å². The van der Waals surface area contributed by atoms with Crippen LogP contribution in [0.4, 0.5) is 0 Å². The first kappa shape index (κ1) is 15.6. The van der Waals surface area contributed by atoms with Gasteiger partial charge in [0.25, 0.3) is 0 Å². The molecule has 4 nitrogen and oxygen atoms in total. The molecule has 0 N–H and O–H groups in total. The van der Waals surface area contributed by atoms with Crippen molar-refractivity contribution in [1.29, 1.82) is 0 Å². The molecular formula is C16H19NO3S. The third kappa shape index (κ3) is 4.10. The van der Waals surface area contributed by atoms with Gasteiger partial charge in [-0.1, -0.05) is 18.1 Å². The lowest BCUT2D eigenvalue weighted by Gasteiger charge is -2.29. The summed E-state index contributed by atoms with van der Waals surface area (Å²) in [4.78, 5) is 2.95. The van der Waals surface area contributed by atoms with Crippen LogP contribution in [-0.2, 0) is 4.74 Å². The lowest BCUT2D eigenvalue weighted by atomic mass is 10.1. The van der Waals surface area contributed by atoms with Crippen LogP contribution in [0.3, 0.4) is 0 Å². The topological polar surface area (TPSA) is 30.9 Å². The molecule has 0 aromatic heterocycles. The Balaban J connectivity index is 2.17. The third-order valence-corrected chi connectivity index (χ3v) is 3.59. The van der Waals surface area contributed by atoms with Crippen molar-refractivity contribution in [3.8, 4) is 23.8 Å². The fraction of sp³-hybridized carbons (Fsp3) is 0.438. The van der Waals surface area contributed by atoms with Gasteiger partial charge in [0.05, 0.1) is 19.8 Å². The molecule has 0 amide bonds. The van der Waals surface area contributed by atoms with Crippen molar-refractivity contribution >= 4 is 17.2 Å². The Labute approximate surface area is 131 Å². The van der Waals surface area contributed by atoms with Crippen molar-refractivity contribution in [3.63, 3.8) is 0 Å². The number of nitrogens with zero attached hydrogens (tertiary/aromatic N) is 1. The number of morpholine rings is 1. The predicted octanol–water partition coefficient (Wildman–Crippen LogP) is 2.10. The van der Waals surface area contributed by atoms with Crippen LogP contribution < -0.4 is 9.47 Å². The second-order valence-corrected chi connectivity index (χ2v) is 4.88. The molecule has 1 aliphatic heterocycles. The molecule has 1 aromatic rings. The third-order valence-electron chi connectivity index (χ3n) is 3.10. The molecule has 0 unspecified atom stereocenters. The van der Waals surface area contributed by atoms with E-state index in [0.717, 1.165) is 23.6 Å². The van der Waals surface area contributed by atoms with E-state index in [1.807, 2.05) is 25.1 Å². The lowest BCUT2D eigenvalue weighted by Crippen LogP contribution is -2.40. The van der Waals surface area contributed by atoms with E-state index in [1.54, 1.807) is 0 Å². The van der Waals surface area contributed by atoms with Gasteiger partial charge in [0.1, 0.15) is 11.6 Å². The second kappa shape index (κ2) is 7.87. The first-order valence-corrected chi connectivity index (χ1v) is 7.37. The summed E-state index contributed by atoms with van der Waals surface area (Å²) in [6.07, 6.45) is 5.22. The molecule has 1 saturated heterocycles. The highest BCUT2D eigenvalue weighted by molar-refractivity contribution is 7.80. The molecule has 0 aliphatic carbocycles. The van der Waals surface area contributed by atoms with Crippen molar-refractivity contribution in [2.45, 2.75) is 6.92 Å². The molecule has 1 aliphatic rings. The molecule has 0 saturated carbocycles. The highest BCUT2D eigenvalue weighted by atomic mass is 32.1. The molecular weight excluding hydrogens is 286 g/mol. The minimum absolute atomic E-state index is 0.216. The van der Waals surface area contributed by atoms with E-state index in [1.165, 1.54) is 0 Å². The normalized spacial score (nSPS) is 14.4. The molecule has 1 heterocycles. The Morgan fingerprint density at radius 2 is 2.10 bits per heavy atom. The zero-order valence-electron chi connectivity index (χ0n) is 12.1. The van der Waals surface area contributed by atoms with Crippen molar-refractivity contribution in [1.82, 2.24) is 4.90 Å². The highest BCUT2D eigenvalue weighted by Crippen LogP contribution is 2.29. The van der Waals surface area contributed by atoms with Crippen molar-refractivity contribution < 1.29 is 14.2 Å². The quantitative estimate of drug-likeness (QED) is 0.614. The van der Waals surface area contributed by atoms with Crippen LogP contribution in [0.2, 0.25) is 0 Å². The first-order chi connectivity index (χ1) is 10.3. The van der Waals surface area contributed by atoms with Gasteiger partial charge in [-0.25, -0.2) is 0 Å². The average Bonchev–Trinajstić information content (AvgIpc) is 2.54. The standard InChI is InChI=1S/C16H19NO3S/c1-3-9-20-14-6-5-13(12-15(14)19-4-2)16(21)17-7-10-18-11-8-17/h1,5-6,12H,4,7-11H2,2H3. The minimum atomic E-state index is 0.216. The molecule has 21 heavy (non-hydrogen) atoms. The van der Waals surface area contributed by atoms with Crippen molar-refractivity contribution in [2.75, 3.05) is 39.5 Å². The van der Waals surface area contributed by atoms with Gasteiger partial charge >= 0.3 is 0 Å². The smallest absolute Gasteiger partial charge is 0.162 e. The van der Waals surface area contributed by atoms with Crippen LogP contribution in [0.15, 0.2) is 18.2 Å². The van der Waals surface area contributed by atoms with E-state index in [4.69, 9.17) is 32.9 Å². The van der Waals surface area contributed by atoms with E-state index < -0.39 is 0 Å². The van der Waals surface area contributed by atoms with Gasteiger partial charge in [0.2, 0.25) is 0 Å². The van der Waals surface area contributed by atoms with Crippen molar-refractivity contribution in [2.24, 2.45) is 0 Å². The Bertz CT molecular complexity index is 533. The van der Waals surface area contributed by atoms with Crippen LogP contribution in [0.25, 0.3) is 0 Å². The van der Waals surface area contributed by atoms with E-state index >= 15 is 0 Å². The summed E-state index contributed by atoms with van der Waals surface area (Å²) in [5, 5.41) is 0. The maximum Gasteiger partial charge on any atom is 0.162 e. The summed E-state index contributed by atoms with van der Waals surface area (Å²) in [5.41, 5.74) is 0.948. The number of hydrogen-bond acceptors (Lipinski definition) is 4. The Morgan fingerprint density at radius 1 is 1.33 bits per heavy atom. The van der Waals surface area contributed by atoms with Crippen LogP contribution >= 0.6 is 12.2 Å². The summed E-state index contributed by atoms with van der Waals surface area (Å²) < 4.78 is 16.4. The summed E-state index contributed by atoms with van der Waals surface area (Å²) in [6.45, 7) is 5.76. The minimum Gasteiger partial charge on any atom is -0.490 e. The molecule has 5 heteroatoms. The van der Waals surface area contributed by atoms with Gasteiger partial charge in [-0.15, -0.1) is 6.42 Å². The zero-order chi connectivity index (χ0) is 15.1. The highest BCUT2D eigenvalue weighted by Gasteiger charge is 2.17. The summed E-state index contributed by atoms with van der Waals surface area (Å²) in [5.74, 6) is 3.76. The fourth-order valence-electron chi connectivity index (χ4n) is 2.10. The lowest BCUT2D eigenvalue weighted by molar-refractivity contribution is 0.0693. The predicted molar refractivity (Wildman–Crippen MR) is 86.0 cm³/mol. The Kier molecular flexibility index (Phi) is 5.85. The van der Waals surface area contributed by atoms with Gasteiger partial charge in [0.15, 0.2) is 11.5 Å². The molecule has 2 rings (SSSR count). The number of benzene rings is 1. The maximum atomic E-state index is 5.62. The van der Waals surface area contributed by atoms with E-state index in [-0.39, 0.29) is 6.61 Å². The number of terminal acetylenes is 1. The largest absolute Gasteiger partial charge is 0.490 e. The van der Waals surface area contributed by atoms with Gasteiger partial charge in [-0.2, -0.15) is 0 Å². The second-order valence-electron chi connectivity index (χ2n) is 4.49. The molecule has 0 bridgehead atoms. The van der Waals surface area contributed by atoms with Crippen LogP contribution in [0, 0.1) is 12.3 Å². The van der Waals surface area contributed by atoms with E-state index in [9.17, 15) is 0 Å². The molecule has 0 atom stereocenters. The first-order valence-electron chi connectivity index (χ1n) is 6.96. The van der Waals surface area contributed by atoms with Crippen molar-refractivity contribution in [3.05, 3.63) is 23.8 Å². The fourth-order valence-corrected chi connectivity index (χ4v) is 2.41. The average molecular weight is 305 g/mol. The maximum absolute atomic E-state index is 5.62. The number of thiocarbonyl (C=S) groups is 1. The van der Waals surface area contributed by atoms with Crippen LogP contribution in [0.5, 0.6) is 11.5 Å². The Morgan fingerprint density at radius 3 is 2.76 bits per heavy atom. The van der Waals surface area contributed by atoms with Crippen LogP contribution in [0.1, 0.15) is 12.5 Å². The van der Waals surface area contributed by atoms with Gasteiger partial charge in [-0.05, 0) is 25.1 Å². The van der Waals surface area contributed by atoms with Gasteiger partial charge in [-0.3, -0.25) is 0 Å². The molecule has 0 radical (unpaired) electrons.